The summed E-state index contributed by atoms with van der Waals surface area (Å²) in [6.07, 6.45) is 8.64. The van der Waals surface area contributed by atoms with Crippen LogP contribution in [0.1, 0.15) is 50.5 Å². The summed E-state index contributed by atoms with van der Waals surface area (Å²) >= 11 is 0. The van der Waals surface area contributed by atoms with Crippen molar-refractivity contribution in [2.75, 3.05) is 19.0 Å². The fourth-order valence-corrected chi connectivity index (χ4v) is 3.03. The maximum absolute atomic E-state index is 12.1. The molecule has 0 bridgehead atoms. The van der Waals surface area contributed by atoms with Gasteiger partial charge in [0.1, 0.15) is 0 Å². The van der Waals surface area contributed by atoms with Crippen molar-refractivity contribution in [2.24, 2.45) is 0 Å². The van der Waals surface area contributed by atoms with E-state index >= 15 is 0 Å². The number of ether oxygens (including phenoxy) is 1. The summed E-state index contributed by atoms with van der Waals surface area (Å²) in [4.78, 5) is 12.1. The third kappa shape index (κ3) is 5.68. The van der Waals surface area contributed by atoms with Gasteiger partial charge in [0.15, 0.2) is 0 Å². The molecule has 1 saturated carbocycles. The number of anilines is 1. The fraction of sp³-hybridized carbons (Fsp3) is 0.611. The maximum Gasteiger partial charge on any atom is 0.239 e. The SMILES string of the molecule is COCc1ccccc1NCC(=O)NC1CCCCCCC1. The minimum atomic E-state index is 0.0813. The molecule has 0 unspecified atom stereocenters. The van der Waals surface area contributed by atoms with Crippen molar-refractivity contribution >= 4 is 11.6 Å². The van der Waals surface area contributed by atoms with Gasteiger partial charge in [0.05, 0.1) is 13.2 Å². The first-order valence-electron chi connectivity index (χ1n) is 8.39. The van der Waals surface area contributed by atoms with Crippen LogP contribution >= 0.6 is 0 Å². The Morgan fingerprint density at radius 2 is 1.82 bits per heavy atom. The van der Waals surface area contributed by atoms with Gasteiger partial charge in [-0.1, -0.05) is 50.3 Å². The third-order valence-corrected chi connectivity index (χ3v) is 4.23. The van der Waals surface area contributed by atoms with Gasteiger partial charge in [-0.25, -0.2) is 0 Å². The minimum Gasteiger partial charge on any atom is -0.380 e. The van der Waals surface area contributed by atoms with E-state index in [1.54, 1.807) is 7.11 Å². The van der Waals surface area contributed by atoms with Gasteiger partial charge >= 0.3 is 0 Å². The van der Waals surface area contributed by atoms with Gasteiger partial charge in [-0.2, -0.15) is 0 Å². The number of methoxy groups -OCH3 is 1. The number of para-hydroxylation sites is 1. The van der Waals surface area contributed by atoms with E-state index in [9.17, 15) is 4.79 Å². The summed E-state index contributed by atoms with van der Waals surface area (Å²) in [6.45, 7) is 0.866. The van der Waals surface area contributed by atoms with Crippen LogP contribution in [0, 0.1) is 0 Å². The lowest BCUT2D eigenvalue weighted by atomic mass is 9.97. The molecule has 0 radical (unpaired) electrons. The molecule has 22 heavy (non-hydrogen) atoms. The van der Waals surface area contributed by atoms with Crippen molar-refractivity contribution in [1.82, 2.24) is 5.32 Å². The summed E-state index contributed by atoms with van der Waals surface area (Å²) < 4.78 is 5.18. The predicted octanol–water partition coefficient (Wildman–Crippen LogP) is 3.47. The lowest BCUT2D eigenvalue weighted by Gasteiger charge is -2.21. The molecule has 1 aromatic carbocycles. The van der Waals surface area contributed by atoms with Crippen LogP contribution in [0.3, 0.4) is 0 Å². The van der Waals surface area contributed by atoms with Crippen molar-refractivity contribution < 1.29 is 9.53 Å². The Hall–Kier alpha value is -1.55. The first kappa shape index (κ1) is 16.8. The minimum absolute atomic E-state index is 0.0813. The lowest BCUT2D eigenvalue weighted by molar-refractivity contribution is -0.120. The number of amides is 1. The second kappa shape index (κ2) is 9.46. The Balaban J connectivity index is 1.79. The zero-order chi connectivity index (χ0) is 15.6. The van der Waals surface area contributed by atoms with Crippen molar-refractivity contribution in [3.8, 4) is 0 Å². The molecule has 0 aromatic heterocycles. The van der Waals surface area contributed by atoms with Gasteiger partial charge in [0.2, 0.25) is 5.91 Å². The number of benzene rings is 1. The van der Waals surface area contributed by atoms with E-state index in [-0.39, 0.29) is 5.91 Å². The molecule has 0 aliphatic heterocycles. The topological polar surface area (TPSA) is 50.4 Å². The van der Waals surface area contributed by atoms with Crippen LogP contribution in [0.5, 0.6) is 0 Å². The van der Waals surface area contributed by atoms with E-state index in [1.165, 1.54) is 32.1 Å². The van der Waals surface area contributed by atoms with E-state index in [0.29, 0.717) is 19.2 Å². The predicted molar refractivity (Wildman–Crippen MR) is 89.9 cm³/mol. The number of carbonyl (C=O) groups excluding carboxylic acids is 1. The van der Waals surface area contributed by atoms with E-state index in [1.807, 2.05) is 24.3 Å². The largest absolute Gasteiger partial charge is 0.380 e. The number of carbonyl (C=O) groups is 1. The summed E-state index contributed by atoms with van der Waals surface area (Å²) in [5, 5.41) is 6.40. The van der Waals surface area contributed by atoms with Crippen molar-refractivity contribution in [1.29, 1.82) is 0 Å². The van der Waals surface area contributed by atoms with Gasteiger partial charge in [0, 0.05) is 24.4 Å². The third-order valence-electron chi connectivity index (χ3n) is 4.23. The molecule has 2 rings (SSSR count). The molecule has 0 saturated heterocycles. The summed E-state index contributed by atoms with van der Waals surface area (Å²) in [5.74, 6) is 0.0813. The second-order valence-corrected chi connectivity index (χ2v) is 6.05. The maximum atomic E-state index is 12.1. The highest BCUT2D eigenvalue weighted by Crippen LogP contribution is 2.17. The van der Waals surface area contributed by atoms with Gasteiger partial charge < -0.3 is 15.4 Å². The van der Waals surface area contributed by atoms with E-state index < -0.39 is 0 Å². The molecule has 0 heterocycles. The van der Waals surface area contributed by atoms with E-state index in [0.717, 1.165) is 24.1 Å². The number of rotatable bonds is 6. The molecule has 4 heteroatoms. The normalized spacial score (nSPS) is 16.6. The van der Waals surface area contributed by atoms with Gasteiger partial charge in [-0.15, -0.1) is 0 Å². The molecule has 1 fully saturated rings. The molecule has 1 aromatic rings. The number of nitrogens with one attached hydrogen (secondary N) is 2. The molecule has 122 valence electrons. The Morgan fingerprint density at radius 3 is 2.55 bits per heavy atom. The first-order chi connectivity index (χ1) is 10.8. The van der Waals surface area contributed by atoms with Gasteiger partial charge in [0.25, 0.3) is 0 Å². The van der Waals surface area contributed by atoms with Gasteiger partial charge in [-0.3, -0.25) is 4.79 Å². The zero-order valence-electron chi connectivity index (χ0n) is 13.6. The van der Waals surface area contributed by atoms with Crippen LogP contribution in [-0.2, 0) is 16.1 Å². The molecule has 1 aliphatic rings. The van der Waals surface area contributed by atoms with Crippen LogP contribution in [0.25, 0.3) is 0 Å². The molecule has 1 aliphatic carbocycles. The highest BCUT2D eigenvalue weighted by Gasteiger charge is 2.14. The average Bonchev–Trinajstić information content (AvgIpc) is 2.49. The van der Waals surface area contributed by atoms with Crippen LogP contribution in [0.2, 0.25) is 0 Å². The number of hydrogen-bond donors (Lipinski definition) is 2. The molecular weight excluding hydrogens is 276 g/mol. The highest BCUT2D eigenvalue weighted by atomic mass is 16.5. The average molecular weight is 304 g/mol. The molecule has 4 nitrogen and oxygen atoms in total. The Bertz CT molecular complexity index is 454. The van der Waals surface area contributed by atoms with Gasteiger partial charge in [-0.05, 0) is 18.9 Å². The lowest BCUT2D eigenvalue weighted by Crippen LogP contribution is -2.38. The van der Waals surface area contributed by atoms with E-state index in [4.69, 9.17) is 4.74 Å². The molecule has 2 N–H and O–H groups in total. The zero-order valence-corrected chi connectivity index (χ0v) is 13.6. The Kier molecular flexibility index (Phi) is 7.23. The fourth-order valence-electron chi connectivity index (χ4n) is 3.03. The summed E-state index contributed by atoms with van der Waals surface area (Å²) in [7, 11) is 1.68. The summed E-state index contributed by atoms with van der Waals surface area (Å²) in [6, 6.07) is 8.29. The van der Waals surface area contributed by atoms with Crippen molar-refractivity contribution in [3.05, 3.63) is 29.8 Å². The summed E-state index contributed by atoms with van der Waals surface area (Å²) in [5.41, 5.74) is 2.04. The van der Waals surface area contributed by atoms with Crippen molar-refractivity contribution in [3.63, 3.8) is 0 Å². The standard InChI is InChI=1S/C18H28N2O2/c1-22-14-15-9-7-8-12-17(15)19-13-18(21)20-16-10-5-3-2-4-6-11-16/h7-9,12,16,19H,2-6,10-11,13-14H2,1H3,(H,20,21). The monoisotopic (exact) mass is 304 g/mol. The molecule has 0 atom stereocenters. The molecule has 0 spiro atoms. The highest BCUT2D eigenvalue weighted by molar-refractivity contribution is 5.81. The Labute approximate surface area is 133 Å². The van der Waals surface area contributed by atoms with Crippen LogP contribution in [-0.4, -0.2) is 25.6 Å². The van der Waals surface area contributed by atoms with Crippen LogP contribution in [0.15, 0.2) is 24.3 Å². The van der Waals surface area contributed by atoms with Crippen molar-refractivity contribution in [2.45, 2.75) is 57.6 Å². The quantitative estimate of drug-likeness (QED) is 0.846. The number of hydrogen-bond acceptors (Lipinski definition) is 3. The van der Waals surface area contributed by atoms with Crippen LogP contribution < -0.4 is 10.6 Å². The smallest absolute Gasteiger partial charge is 0.239 e. The first-order valence-corrected chi connectivity index (χ1v) is 8.39. The second-order valence-electron chi connectivity index (χ2n) is 6.05. The van der Waals surface area contributed by atoms with Crippen LogP contribution in [0.4, 0.5) is 5.69 Å². The molecular formula is C18H28N2O2. The molecule has 1 amide bonds. The Morgan fingerprint density at radius 1 is 1.14 bits per heavy atom. The van der Waals surface area contributed by atoms with E-state index in [2.05, 4.69) is 10.6 Å².